The van der Waals surface area contributed by atoms with Crippen molar-refractivity contribution >= 4 is 18.3 Å². The second kappa shape index (κ2) is 9.57. The normalized spacial score (nSPS) is 24.1. The van der Waals surface area contributed by atoms with Gasteiger partial charge in [0.2, 0.25) is 5.91 Å². The Morgan fingerprint density at radius 2 is 1.82 bits per heavy atom. The van der Waals surface area contributed by atoms with Crippen molar-refractivity contribution in [3.8, 4) is 0 Å². The molecule has 0 atom stereocenters. The van der Waals surface area contributed by atoms with E-state index >= 15 is 0 Å². The molecule has 2 heterocycles. The van der Waals surface area contributed by atoms with Crippen molar-refractivity contribution in [2.24, 2.45) is 5.92 Å². The number of carbonyl (C=O) groups excluding carboxylic acids is 1. The molecular weight excluding hydrogens is 372 g/mol. The summed E-state index contributed by atoms with van der Waals surface area (Å²) in [7, 11) is 0. The summed E-state index contributed by atoms with van der Waals surface area (Å²) in [4.78, 5) is 13.1. The van der Waals surface area contributed by atoms with Crippen molar-refractivity contribution in [1.29, 1.82) is 0 Å². The number of aromatic nitrogens is 2. The van der Waals surface area contributed by atoms with E-state index in [9.17, 15) is 4.79 Å². The van der Waals surface area contributed by atoms with Crippen LogP contribution in [0.2, 0.25) is 0 Å². The van der Waals surface area contributed by atoms with Gasteiger partial charge in [-0.2, -0.15) is 5.10 Å². The highest BCUT2D eigenvalue weighted by molar-refractivity contribution is 5.85. The van der Waals surface area contributed by atoms with Crippen LogP contribution in [0.1, 0.15) is 50.0 Å². The number of hydrogen-bond acceptors (Lipinski definition) is 3. The largest absolute Gasteiger partial charge is 0.354 e. The molecule has 1 saturated carbocycles. The Morgan fingerprint density at radius 1 is 1.11 bits per heavy atom. The Balaban J connectivity index is 0.00000225. The molecule has 1 aromatic carbocycles. The van der Waals surface area contributed by atoms with Gasteiger partial charge in [0.1, 0.15) is 5.54 Å². The lowest BCUT2D eigenvalue weighted by molar-refractivity contribution is -0.132. The summed E-state index contributed by atoms with van der Waals surface area (Å²) in [5.41, 5.74) is 0.933. The highest BCUT2D eigenvalue weighted by Crippen LogP contribution is 2.35. The molecule has 2 aromatic rings. The topological polar surface area (TPSA) is 59.0 Å². The molecule has 152 valence electrons. The van der Waals surface area contributed by atoms with Crippen LogP contribution in [0.4, 0.5) is 0 Å². The molecule has 1 aliphatic carbocycles. The van der Waals surface area contributed by atoms with Crippen LogP contribution in [-0.2, 0) is 10.3 Å². The first-order valence-electron chi connectivity index (χ1n) is 10.3. The van der Waals surface area contributed by atoms with E-state index in [0.717, 1.165) is 32.5 Å². The van der Waals surface area contributed by atoms with Crippen LogP contribution < -0.4 is 10.6 Å². The van der Waals surface area contributed by atoms with Crippen LogP contribution in [-0.4, -0.2) is 35.3 Å². The second-order valence-electron chi connectivity index (χ2n) is 8.07. The van der Waals surface area contributed by atoms with Crippen LogP contribution in [0.3, 0.4) is 0 Å². The van der Waals surface area contributed by atoms with Crippen LogP contribution in [0.5, 0.6) is 0 Å². The Labute approximate surface area is 173 Å². The van der Waals surface area contributed by atoms with Crippen molar-refractivity contribution in [3.63, 3.8) is 0 Å². The van der Waals surface area contributed by atoms with Crippen LogP contribution in [0, 0.1) is 5.92 Å². The van der Waals surface area contributed by atoms with Crippen molar-refractivity contribution in [2.75, 3.05) is 19.6 Å². The van der Waals surface area contributed by atoms with Crippen molar-refractivity contribution in [2.45, 2.75) is 50.0 Å². The van der Waals surface area contributed by atoms with E-state index in [1.807, 2.05) is 16.9 Å². The molecule has 1 aromatic heterocycles. The van der Waals surface area contributed by atoms with Crippen molar-refractivity contribution in [3.05, 3.63) is 54.4 Å². The Hall–Kier alpha value is -1.85. The molecule has 5 nitrogen and oxygen atoms in total. The minimum absolute atomic E-state index is 0. The average Bonchev–Trinajstić information content (AvgIpc) is 3.29. The molecule has 1 aliphatic heterocycles. The van der Waals surface area contributed by atoms with Gasteiger partial charge in [-0.15, -0.1) is 12.4 Å². The number of hydrogen-bond donors (Lipinski definition) is 2. The lowest BCUT2D eigenvalue weighted by Gasteiger charge is -2.37. The summed E-state index contributed by atoms with van der Waals surface area (Å²) in [6, 6.07) is 12.8. The number of carbonyl (C=O) groups is 1. The third kappa shape index (κ3) is 4.41. The van der Waals surface area contributed by atoms with E-state index in [0.29, 0.717) is 11.8 Å². The fourth-order valence-electron chi connectivity index (χ4n) is 4.75. The lowest BCUT2D eigenvalue weighted by atomic mass is 9.78. The Bertz CT molecular complexity index is 720. The predicted octanol–water partition coefficient (Wildman–Crippen LogP) is 3.47. The molecule has 28 heavy (non-hydrogen) atoms. The summed E-state index contributed by atoms with van der Waals surface area (Å²) in [6.45, 7) is 2.50. The van der Waals surface area contributed by atoms with Crippen LogP contribution in [0.15, 0.2) is 48.8 Å². The molecule has 2 aliphatic rings. The summed E-state index contributed by atoms with van der Waals surface area (Å²) < 4.78 is 1.87. The molecule has 0 unspecified atom stereocenters. The molecule has 1 saturated heterocycles. The average molecular weight is 403 g/mol. The van der Waals surface area contributed by atoms with Gasteiger partial charge >= 0.3 is 0 Å². The fourth-order valence-corrected chi connectivity index (χ4v) is 4.75. The first-order valence-corrected chi connectivity index (χ1v) is 10.3. The molecule has 2 N–H and O–H groups in total. The van der Waals surface area contributed by atoms with Crippen LogP contribution in [0.25, 0.3) is 0 Å². The fraction of sp³-hybridized carbons (Fsp3) is 0.545. The first-order chi connectivity index (χ1) is 13.3. The van der Waals surface area contributed by atoms with Crippen molar-refractivity contribution < 1.29 is 4.79 Å². The number of piperidine rings is 1. The second-order valence-corrected chi connectivity index (χ2v) is 8.07. The third-order valence-electron chi connectivity index (χ3n) is 6.47. The minimum Gasteiger partial charge on any atom is -0.354 e. The SMILES string of the molecule is Cl.O=C(NCC1CCC(c2ccccc2)CC1)C1(n2cccn2)CCNCC1. The number of rotatable bonds is 5. The summed E-state index contributed by atoms with van der Waals surface area (Å²) in [5, 5.41) is 11.0. The van der Waals surface area contributed by atoms with Gasteiger partial charge in [0.15, 0.2) is 0 Å². The van der Waals surface area contributed by atoms with Gasteiger partial charge in [-0.05, 0) is 75.1 Å². The number of amides is 1. The maximum Gasteiger partial charge on any atom is 0.248 e. The van der Waals surface area contributed by atoms with Gasteiger partial charge in [0, 0.05) is 18.9 Å². The monoisotopic (exact) mass is 402 g/mol. The summed E-state index contributed by atoms with van der Waals surface area (Å²) in [5.74, 6) is 1.40. The van der Waals surface area contributed by atoms with Gasteiger partial charge in [-0.25, -0.2) is 0 Å². The summed E-state index contributed by atoms with van der Waals surface area (Å²) in [6.07, 6.45) is 10.1. The summed E-state index contributed by atoms with van der Waals surface area (Å²) >= 11 is 0. The zero-order chi connectivity index (χ0) is 18.5. The Morgan fingerprint density at radius 3 is 2.46 bits per heavy atom. The van der Waals surface area contributed by atoms with Gasteiger partial charge in [-0.1, -0.05) is 30.3 Å². The molecule has 0 spiro atoms. The van der Waals surface area contributed by atoms with Crippen LogP contribution >= 0.6 is 12.4 Å². The highest BCUT2D eigenvalue weighted by Gasteiger charge is 2.42. The maximum atomic E-state index is 13.1. The number of nitrogens with one attached hydrogen (secondary N) is 2. The molecule has 1 amide bonds. The maximum absolute atomic E-state index is 13.1. The standard InChI is InChI=1S/C22H30N4O.ClH/c27-21(22(11-14-23-15-12-22)26-16-4-13-25-26)24-17-18-7-9-20(10-8-18)19-5-2-1-3-6-19;/h1-6,13,16,18,20,23H,7-12,14-15,17H2,(H,24,27);1H. The van der Waals surface area contributed by atoms with E-state index < -0.39 is 5.54 Å². The number of halogens is 1. The molecule has 0 bridgehead atoms. The van der Waals surface area contributed by atoms with E-state index in [-0.39, 0.29) is 18.3 Å². The van der Waals surface area contributed by atoms with E-state index in [4.69, 9.17) is 0 Å². The molecular formula is C22H31ClN4O. The zero-order valence-corrected chi connectivity index (χ0v) is 17.2. The number of nitrogens with zero attached hydrogens (tertiary/aromatic N) is 2. The first kappa shape index (κ1) is 20.9. The van der Waals surface area contributed by atoms with Gasteiger partial charge in [0.25, 0.3) is 0 Å². The Kier molecular flexibility index (Phi) is 7.13. The molecule has 4 rings (SSSR count). The van der Waals surface area contributed by atoms with E-state index in [1.54, 1.807) is 6.20 Å². The van der Waals surface area contributed by atoms with Gasteiger partial charge in [0.05, 0.1) is 0 Å². The van der Waals surface area contributed by atoms with Crippen molar-refractivity contribution in [1.82, 2.24) is 20.4 Å². The minimum atomic E-state index is -0.532. The van der Waals surface area contributed by atoms with E-state index in [2.05, 4.69) is 46.1 Å². The highest BCUT2D eigenvalue weighted by atomic mass is 35.5. The lowest BCUT2D eigenvalue weighted by Crippen LogP contribution is -2.55. The molecule has 2 fully saturated rings. The molecule has 6 heteroatoms. The molecule has 0 radical (unpaired) electrons. The third-order valence-corrected chi connectivity index (χ3v) is 6.47. The zero-order valence-electron chi connectivity index (χ0n) is 16.3. The van der Waals surface area contributed by atoms with Gasteiger partial charge < -0.3 is 10.6 Å². The quantitative estimate of drug-likeness (QED) is 0.805. The van der Waals surface area contributed by atoms with Gasteiger partial charge in [-0.3, -0.25) is 9.48 Å². The number of benzene rings is 1. The predicted molar refractivity (Wildman–Crippen MR) is 114 cm³/mol. The van der Waals surface area contributed by atoms with E-state index in [1.165, 1.54) is 31.2 Å². The smallest absolute Gasteiger partial charge is 0.248 e.